The van der Waals surface area contributed by atoms with E-state index in [1.807, 2.05) is 6.92 Å². The minimum absolute atomic E-state index is 0.192. The van der Waals surface area contributed by atoms with E-state index in [1.165, 1.54) is 0 Å². The number of aliphatic hydroxyl groups excluding tert-OH is 2. The van der Waals surface area contributed by atoms with Crippen LogP contribution in [0.15, 0.2) is 0 Å². The van der Waals surface area contributed by atoms with Crippen LogP contribution in [0.4, 0.5) is 0 Å². The molecule has 1 unspecified atom stereocenters. The Hall–Kier alpha value is -0.120. The van der Waals surface area contributed by atoms with Crippen molar-refractivity contribution < 1.29 is 15.3 Å². The van der Waals surface area contributed by atoms with Crippen LogP contribution in [0.1, 0.15) is 32.6 Å². The smallest absolute Gasteiger partial charge is 0.151 e. The Labute approximate surface area is 67.7 Å². The summed E-state index contributed by atoms with van der Waals surface area (Å²) in [6.07, 6.45) is 1.81. The van der Waals surface area contributed by atoms with Gasteiger partial charge in [-0.05, 0) is 18.8 Å². The lowest BCUT2D eigenvalue weighted by Crippen LogP contribution is -2.12. The van der Waals surface area contributed by atoms with Crippen LogP contribution in [0.2, 0.25) is 0 Å². The van der Waals surface area contributed by atoms with E-state index in [1.54, 1.807) is 0 Å². The standard InChI is InChI=1S/C8H18O3/c1-2-7(4-3-5-9)6-8(10)11/h7-11H,2-6H2,1H3. The highest BCUT2D eigenvalue weighted by Crippen LogP contribution is 2.16. The second kappa shape index (κ2) is 6.58. The molecule has 3 heteroatoms. The van der Waals surface area contributed by atoms with E-state index < -0.39 is 6.29 Å². The molecule has 0 heterocycles. The molecule has 11 heavy (non-hydrogen) atoms. The average Bonchev–Trinajstić information content (AvgIpc) is 1.97. The predicted molar refractivity (Wildman–Crippen MR) is 42.9 cm³/mol. The number of hydrogen-bond donors (Lipinski definition) is 3. The minimum atomic E-state index is -1.20. The Bertz CT molecular complexity index is 83.4. The first kappa shape index (κ1) is 10.9. The highest BCUT2D eigenvalue weighted by atomic mass is 16.5. The summed E-state index contributed by atoms with van der Waals surface area (Å²) in [7, 11) is 0. The summed E-state index contributed by atoms with van der Waals surface area (Å²) in [4.78, 5) is 0. The summed E-state index contributed by atoms with van der Waals surface area (Å²) in [5.41, 5.74) is 0. The van der Waals surface area contributed by atoms with E-state index in [-0.39, 0.29) is 6.61 Å². The van der Waals surface area contributed by atoms with Crippen molar-refractivity contribution in [1.29, 1.82) is 0 Å². The van der Waals surface area contributed by atoms with Crippen molar-refractivity contribution in [3.8, 4) is 0 Å². The summed E-state index contributed by atoms with van der Waals surface area (Å²) >= 11 is 0. The zero-order chi connectivity index (χ0) is 8.69. The quantitative estimate of drug-likeness (QED) is 0.498. The second-order valence-electron chi connectivity index (χ2n) is 2.86. The predicted octanol–water partition coefficient (Wildman–Crippen LogP) is 0.486. The molecule has 68 valence electrons. The summed E-state index contributed by atoms with van der Waals surface area (Å²) in [5, 5.41) is 25.8. The Balaban J connectivity index is 3.41. The molecule has 0 radical (unpaired) electrons. The molecule has 0 fully saturated rings. The van der Waals surface area contributed by atoms with Crippen molar-refractivity contribution in [2.75, 3.05) is 6.61 Å². The van der Waals surface area contributed by atoms with Crippen LogP contribution >= 0.6 is 0 Å². The molecule has 0 aliphatic rings. The van der Waals surface area contributed by atoms with Gasteiger partial charge in [0.2, 0.25) is 0 Å². The molecule has 0 spiro atoms. The van der Waals surface area contributed by atoms with E-state index in [0.717, 1.165) is 19.3 Å². The maximum Gasteiger partial charge on any atom is 0.151 e. The summed E-state index contributed by atoms with van der Waals surface area (Å²) in [5.74, 6) is 0.335. The second-order valence-corrected chi connectivity index (χ2v) is 2.86. The third-order valence-corrected chi connectivity index (χ3v) is 1.89. The van der Waals surface area contributed by atoms with Crippen LogP contribution in [0.5, 0.6) is 0 Å². The lowest BCUT2D eigenvalue weighted by Gasteiger charge is -2.14. The first-order chi connectivity index (χ1) is 5.20. The van der Waals surface area contributed by atoms with Crippen molar-refractivity contribution in [3.05, 3.63) is 0 Å². The van der Waals surface area contributed by atoms with Crippen LogP contribution in [0.3, 0.4) is 0 Å². The molecule has 0 aromatic carbocycles. The molecular weight excluding hydrogens is 144 g/mol. The largest absolute Gasteiger partial charge is 0.396 e. The molecular formula is C8H18O3. The number of aliphatic hydroxyl groups is 3. The Kier molecular flexibility index (Phi) is 6.51. The van der Waals surface area contributed by atoms with Gasteiger partial charge in [0.1, 0.15) is 0 Å². The molecule has 0 rings (SSSR count). The third kappa shape index (κ3) is 6.28. The Morgan fingerprint density at radius 2 is 1.91 bits per heavy atom. The van der Waals surface area contributed by atoms with Gasteiger partial charge >= 0.3 is 0 Å². The van der Waals surface area contributed by atoms with Crippen molar-refractivity contribution >= 4 is 0 Å². The van der Waals surface area contributed by atoms with Crippen molar-refractivity contribution in [2.24, 2.45) is 5.92 Å². The highest BCUT2D eigenvalue weighted by Gasteiger charge is 2.09. The van der Waals surface area contributed by atoms with Crippen LogP contribution in [0.25, 0.3) is 0 Å². The summed E-state index contributed by atoms with van der Waals surface area (Å²) in [6, 6.07) is 0. The zero-order valence-corrected chi connectivity index (χ0v) is 7.03. The van der Waals surface area contributed by atoms with E-state index in [9.17, 15) is 0 Å². The zero-order valence-electron chi connectivity index (χ0n) is 7.03. The van der Waals surface area contributed by atoms with Gasteiger partial charge in [-0.2, -0.15) is 0 Å². The molecule has 0 aromatic heterocycles. The normalized spacial score (nSPS) is 13.9. The van der Waals surface area contributed by atoms with Gasteiger partial charge in [-0.25, -0.2) is 0 Å². The Morgan fingerprint density at radius 3 is 2.27 bits per heavy atom. The summed E-state index contributed by atoms with van der Waals surface area (Å²) < 4.78 is 0. The van der Waals surface area contributed by atoms with Gasteiger partial charge in [-0.15, -0.1) is 0 Å². The van der Waals surface area contributed by atoms with Gasteiger partial charge in [-0.3, -0.25) is 0 Å². The molecule has 0 amide bonds. The topological polar surface area (TPSA) is 60.7 Å². The first-order valence-corrected chi connectivity index (χ1v) is 4.17. The molecule has 0 aliphatic heterocycles. The van der Waals surface area contributed by atoms with Crippen molar-refractivity contribution in [2.45, 2.75) is 38.9 Å². The minimum Gasteiger partial charge on any atom is -0.396 e. The molecule has 3 nitrogen and oxygen atoms in total. The van der Waals surface area contributed by atoms with E-state index in [2.05, 4.69) is 0 Å². The maximum absolute atomic E-state index is 8.65. The lowest BCUT2D eigenvalue weighted by molar-refractivity contribution is -0.0573. The van der Waals surface area contributed by atoms with E-state index >= 15 is 0 Å². The van der Waals surface area contributed by atoms with Gasteiger partial charge in [0.05, 0.1) is 0 Å². The van der Waals surface area contributed by atoms with Gasteiger partial charge in [-0.1, -0.05) is 13.3 Å². The van der Waals surface area contributed by atoms with Crippen LogP contribution in [-0.4, -0.2) is 28.2 Å². The van der Waals surface area contributed by atoms with E-state index in [0.29, 0.717) is 12.3 Å². The molecule has 1 atom stereocenters. The Morgan fingerprint density at radius 1 is 1.27 bits per heavy atom. The molecule has 0 bridgehead atoms. The first-order valence-electron chi connectivity index (χ1n) is 4.17. The highest BCUT2D eigenvalue weighted by molar-refractivity contribution is 4.57. The van der Waals surface area contributed by atoms with Gasteiger partial charge < -0.3 is 15.3 Å². The van der Waals surface area contributed by atoms with Gasteiger partial charge in [0.25, 0.3) is 0 Å². The molecule has 0 aliphatic carbocycles. The number of rotatable bonds is 6. The monoisotopic (exact) mass is 162 g/mol. The number of hydrogen-bond acceptors (Lipinski definition) is 3. The van der Waals surface area contributed by atoms with Crippen LogP contribution in [0, 0.1) is 5.92 Å². The van der Waals surface area contributed by atoms with Gasteiger partial charge in [0, 0.05) is 13.0 Å². The van der Waals surface area contributed by atoms with Gasteiger partial charge in [0.15, 0.2) is 6.29 Å². The van der Waals surface area contributed by atoms with Crippen molar-refractivity contribution in [3.63, 3.8) is 0 Å². The molecule has 3 N–H and O–H groups in total. The lowest BCUT2D eigenvalue weighted by atomic mass is 9.97. The van der Waals surface area contributed by atoms with Crippen LogP contribution in [-0.2, 0) is 0 Å². The van der Waals surface area contributed by atoms with E-state index in [4.69, 9.17) is 15.3 Å². The fourth-order valence-corrected chi connectivity index (χ4v) is 1.17. The SMILES string of the molecule is CCC(CCCO)CC(O)O. The fraction of sp³-hybridized carbons (Fsp3) is 1.00. The summed E-state index contributed by atoms with van der Waals surface area (Å²) in [6.45, 7) is 2.21. The van der Waals surface area contributed by atoms with Crippen LogP contribution < -0.4 is 0 Å². The average molecular weight is 162 g/mol. The maximum atomic E-state index is 8.65. The third-order valence-electron chi connectivity index (χ3n) is 1.89. The molecule has 0 saturated heterocycles. The fourth-order valence-electron chi connectivity index (χ4n) is 1.17. The molecule has 0 saturated carbocycles. The van der Waals surface area contributed by atoms with Crippen molar-refractivity contribution in [1.82, 2.24) is 0 Å². The molecule has 0 aromatic rings.